The Morgan fingerprint density at radius 3 is 2.69 bits per heavy atom. The van der Waals surface area contributed by atoms with Gasteiger partial charge in [-0.1, -0.05) is 25.1 Å². The molecule has 0 spiro atoms. The fourth-order valence-electron chi connectivity index (χ4n) is 2.36. The number of thiazole rings is 1. The molecule has 3 rings (SSSR count). The molecule has 0 bridgehead atoms. The third-order valence-electron chi connectivity index (χ3n) is 3.65. The molecule has 0 aliphatic carbocycles. The summed E-state index contributed by atoms with van der Waals surface area (Å²) in [4.78, 5) is 13.7. The number of nitrogens with one attached hydrogen (secondary N) is 2. The molecule has 26 heavy (non-hydrogen) atoms. The lowest BCUT2D eigenvalue weighted by molar-refractivity contribution is 0.572. The number of rotatable bonds is 7. The molecular formula is C19H23N5OS. The summed E-state index contributed by atoms with van der Waals surface area (Å²) >= 11 is 1.68. The molecule has 0 unspecified atom stereocenters. The summed E-state index contributed by atoms with van der Waals surface area (Å²) < 4.78 is 5.57. The van der Waals surface area contributed by atoms with Gasteiger partial charge in [0.25, 0.3) is 0 Å². The molecule has 136 valence electrons. The van der Waals surface area contributed by atoms with Gasteiger partial charge < -0.3 is 15.1 Å². The predicted octanol–water partition coefficient (Wildman–Crippen LogP) is 3.62. The number of hydrogen-bond acceptors (Lipinski definition) is 5. The van der Waals surface area contributed by atoms with Crippen LogP contribution in [0.1, 0.15) is 30.2 Å². The van der Waals surface area contributed by atoms with Crippen molar-refractivity contribution in [1.82, 2.24) is 20.6 Å². The van der Waals surface area contributed by atoms with Crippen LogP contribution in [0.15, 0.2) is 51.4 Å². The average Bonchev–Trinajstić information content (AvgIpc) is 3.34. The first-order valence-corrected chi connectivity index (χ1v) is 9.61. The van der Waals surface area contributed by atoms with Crippen LogP contribution in [-0.4, -0.2) is 22.5 Å². The summed E-state index contributed by atoms with van der Waals surface area (Å²) in [5.41, 5.74) is 2.79. The predicted molar refractivity (Wildman–Crippen MR) is 105 cm³/mol. The molecule has 1 aromatic carbocycles. The Bertz CT molecular complexity index is 841. The van der Waals surface area contributed by atoms with E-state index in [0.717, 1.165) is 40.9 Å². The first-order valence-electron chi connectivity index (χ1n) is 8.73. The molecular weight excluding hydrogens is 346 g/mol. The number of guanidine groups is 1. The van der Waals surface area contributed by atoms with E-state index in [1.54, 1.807) is 17.6 Å². The summed E-state index contributed by atoms with van der Waals surface area (Å²) in [6, 6.07) is 9.87. The number of aliphatic imine (C=N–C) groups is 1. The second-order valence-electron chi connectivity index (χ2n) is 5.64. The second-order valence-corrected chi connectivity index (χ2v) is 6.59. The van der Waals surface area contributed by atoms with Gasteiger partial charge in [0, 0.05) is 17.5 Å². The first kappa shape index (κ1) is 18.1. The lowest BCUT2D eigenvalue weighted by Crippen LogP contribution is -2.36. The number of aromatic nitrogens is 2. The number of aryl methyl sites for hydroxylation is 1. The van der Waals surface area contributed by atoms with E-state index in [1.165, 1.54) is 0 Å². The van der Waals surface area contributed by atoms with Crippen LogP contribution in [0.3, 0.4) is 0 Å². The molecule has 0 fully saturated rings. The highest BCUT2D eigenvalue weighted by molar-refractivity contribution is 7.09. The topological polar surface area (TPSA) is 75.3 Å². The molecule has 3 aromatic rings. The van der Waals surface area contributed by atoms with E-state index < -0.39 is 0 Å². The Morgan fingerprint density at radius 2 is 1.96 bits per heavy atom. The van der Waals surface area contributed by atoms with Crippen molar-refractivity contribution in [2.75, 3.05) is 6.54 Å². The Hall–Kier alpha value is -2.67. The van der Waals surface area contributed by atoms with E-state index in [4.69, 9.17) is 4.42 Å². The molecule has 0 saturated heterocycles. The van der Waals surface area contributed by atoms with E-state index in [0.29, 0.717) is 19.0 Å². The molecule has 0 atom stereocenters. The first-order chi connectivity index (χ1) is 12.8. The Morgan fingerprint density at radius 1 is 1.12 bits per heavy atom. The van der Waals surface area contributed by atoms with E-state index in [1.807, 2.05) is 37.3 Å². The highest BCUT2D eigenvalue weighted by Crippen LogP contribution is 2.17. The molecule has 2 N–H and O–H groups in total. The molecule has 0 aliphatic heterocycles. The third kappa shape index (κ3) is 4.92. The van der Waals surface area contributed by atoms with E-state index in [2.05, 4.69) is 37.9 Å². The van der Waals surface area contributed by atoms with Gasteiger partial charge in [-0.15, -0.1) is 11.3 Å². The standard InChI is InChI=1S/C19H23N5OS/c1-3-17-23-16(13-26-17)11-22-19(20-4-2)21-10-15-12-25-18(24-15)14-8-6-5-7-9-14/h5-9,12-13H,3-4,10-11H2,1-2H3,(H2,20,21,22). The molecule has 6 nitrogen and oxygen atoms in total. The normalized spacial score (nSPS) is 11.5. The van der Waals surface area contributed by atoms with Crippen molar-refractivity contribution in [2.24, 2.45) is 4.99 Å². The minimum atomic E-state index is 0.541. The van der Waals surface area contributed by atoms with E-state index in [-0.39, 0.29) is 0 Å². The quantitative estimate of drug-likeness (QED) is 0.491. The maximum Gasteiger partial charge on any atom is 0.226 e. The summed E-state index contributed by atoms with van der Waals surface area (Å²) in [6.07, 6.45) is 2.63. The van der Waals surface area contributed by atoms with Crippen molar-refractivity contribution in [1.29, 1.82) is 0 Å². The van der Waals surface area contributed by atoms with Gasteiger partial charge in [-0.05, 0) is 25.5 Å². The van der Waals surface area contributed by atoms with Crippen molar-refractivity contribution >= 4 is 17.3 Å². The van der Waals surface area contributed by atoms with Crippen molar-refractivity contribution < 1.29 is 4.42 Å². The summed E-state index contributed by atoms with van der Waals surface area (Å²) in [5, 5.41) is 9.73. The number of nitrogens with zero attached hydrogens (tertiary/aromatic N) is 3. The van der Waals surface area contributed by atoms with Gasteiger partial charge in [0.05, 0.1) is 29.5 Å². The van der Waals surface area contributed by atoms with Crippen molar-refractivity contribution in [3.8, 4) is 11.5 Å². The zero-order valence-electron chi connectivity index (χ0n) is 15.0. The van der Waals surface area contributed by atoms with Crippen LogP contribution in [0.4, 0.5) is 0 Å². The zero-order chi connectivity index (χ0) is 18.2. The molecule has 0 saturated carbocycles. The van der Waals surface area contributed by atoms with Crippen LogP contribution in [0.2, 0.25) is 0 Å². The molecule has 0 amide bonds. The SMILES string of the molecule is CCNC(=NCc1csc(CC)n1)NCc1coc(-c2ccccc2)n1. The number of benzene rings is 1. The van der Waals surface area contributed by atoms with Gasteiger partial charge in [0.2, 0.25) is 5.89 Å². The van der Waals surface area contributed by atoms with E-state index >= 15 is 0 Å². The van der Waals surface area contributed by atoms with Gasteiger partial charge in [-0.25, -0.2) is 15.0 Å². The molecule has 0 aliphatic rings. The fraction of sp³-hybridized carbons (Fsp3) is 0.316. The van der Waals surface area contributed by atoms with Crippen LogP contribution in [0.25, 0.3) is 11.5 Å². The number of oxazole rings is 1. The lowest BCUT2D eigenvalue weighted by Gasteiger charge is -2.09. The molecule has 7 heteroatoms. The van der Waals surface area contributed by atoms with Crippen molar-refractivity contribution in [2.45, 2.75) is 33.4 Å². The average molecular weight is 369 g/mol. The van der Waals surface area contributed by atoms with Crippen LogP contribution < -0.4 is 10.6 Å². The van der Waals surface area contributed by atoms with Crippen LogP contribution >= 0.6 is 11.3 Å². The minimum Gasteiger partial charge on any atom is -0.444 e. The zero-order valence-corrected chi connectivity index (χ0v) is 15.8. The number of hydrogen-bond donors (Lipinski definition) is 2. The van der Waals surface area contributed by atoms with Gasteiger partial charge in [0.15, 0.2) is 5.96 Å². The van der Waals surface area contributed by atoms with Gasteiger partial charge >= 0.3 is 0 Å². The highest BCUT2D eigenvalue weighted by Gasteiger charge is 2.07. The summed E-state index contributed by atoms with van der Waals surface area (Å²) in [6.45, 7) is 6.04. The van der Waals surface area contributed by atoms with Gasteiger partial charge in [-0.3, -0.25) is 0 Å². The van der Waals surface area contributed by atoms with Crippen LogP contribution in [0, 0.1) is 0 Å². The van der Waals surface area contributed by atoms with E-state index in [9.17, 15) is 0 Å². The smallest absolute Gasteiger partial charge is 0.226 e. The maximum absolute atomic E-state index is 5.57. The van der Waals surface area contributed by atoms with Crippen LogP contribution in [0.5, 0.6) is 0 Å². The van der Waals surface area contributed by atoms with Gasteiger partial charge in [0.1, 0.15) is 6.26 Å². The fourth-order valence-corrected chi connectivity index (χ4v) is 3.10. The van der Waals surface area contributed by atoms with Crippen molar-refractivity contribution in [3.05, 3.63) is 58.4 Å². The van der Waals surface area contributed by atoms with Gasteiger partial charge in [-0.2, -0.15) is 0 Å². The summed E-state index contributed by atoms with van der Waals surface area (Å²) in [5.74, 6) is 1.36. The molecule has 2 heterocycles. The largest absolute Gasteiger partial charge is 0.444 e. The Balaban J connectivity index is 1.60. The Kier molecular flexibility index (Phi) is 6.38. The monoisotopic (exact) mass is 369 g/mol. The Labute approximate surface area is 157 Å². The van der Waals surface area contributed by atoms with Crippen LogP contribution in [-0.2, 0) is 19.5 Å². The molecule has 2 aromatic heterocycles. The second kappa shape index (κ2) is 9.15. The lowest BCUT2D eigenvalue weighted by atomic mass is 10.2. The highest BCUT2D eigenvalue weighted by atomic mass is 32.1. The summed E-state index contributed by atoms with van der Waals surface area (Å²) in [7, 11) is 0. The maximum atomic E-state index is 5.57. The minimum absolute atomic E-state index is 0.541. The van der Waals surface area contributed by atoms with Crippen molar-refractivity contribution in [3.63, 3.8) is 0 Å². The molecule has 0 radical (unpaired) electrons. The third-order valence-corrected chi connectivity index (χ3v) is 4.70.